The van der Waals surface area contributed by atoms with E-state index in [0.29, 0.717) is 12.1 Å². The van der Waals surface area contributed by atoms with Crippen LogP contribution in [0.3, 0.4) is 0 Å². The van der Waals surface area contributed by atoms with E-state index >= 15 is 0 Å². The Labute approximate surface area is 103 Å². The highest BCUT2D eigenvalue weighted by atomic mass is 15.2. The molecular weight excluding hydrogens is 212 g/mol. The van der Waals surface area contributed by atoms with Crippen molar-refractivity contribution < 1.29 is 0 Å². The highest BCUT2D eigenvalue weighted by molar-refractivity contribution is 5.00. The molecular formula is C13H22N4. The van der Waals surface area contributed by atoms with E-state index in [2.05, 4.69) is 34.0 Å². The minimum Gasteiger partial charge on any atom is -0.307 e. The van der Waals surface area contributed by atoms with Crippen LogP contribution in [0.25, 0.3) is 0 Å². The Bertz CT molecular complexity index is 347. The third-order valence-corrected chi connectivity index (χ3v) is 3.36. The van der Waals surface area contributed by atoms with E-state index < -0.39 is 0 Å². The number of aromatic nitrogens is 2. The van der Waals surface area contributed by atoms with Gasteiger partial charge in [0.05, 0.1) is 11.4 Å². The molecule has 0 amide bonds. The van der Waals surface area contributed by atoms with Gasteiger partial charge in [-0.15, -0.1) is 0 Å². The van der Waals surface area contributed by atoms with Crippen LogP contribution in [-0.4, -0.2) is 40.0 Å². The fourth-order valence-electron chi connectivity index (χ4n) is 2.18. The van der Waals surface area contributed by atoms with Gasteiger partial charge in [0.2, 0.25) is 0 Å². The summed E-state index contributed by atoms with van der Waals surface area (Å²) in [6, 6.07) is 1.25. The Morgan fingerprint density at radius 1 is 1.41 bits per heavy atom. The van der Waals surface area contributed by atoms with Crippen molar-refractivity contribution in [3.63, 3.8) is 0 Å². The molecule has 4 heteroatoms. The molecule has 1 aliphatic rings. The molecule has 4 nitrogen and oxygen atoms in total. The summed E-state index contributed by atoms with van der Waals surface area (Å²) in [5.41, 5.74) is 2.00. The monoisotopic (exact) mass is 234 g/mol. The zero-order valence-electron chi connectivity index (χ0n) is 11.0. The molecule has 0 aromatic carbocycles. The Hall–Kier alpha value is -1.00. The van der Waals surface area contributed by atoms with Crippen LogP contribution in [0.1, 0.15) is 31.7 Å². The SMILES string of the molecule is Cc1cnc(CNC2CCN(C(C)C)C2)cn1. The molecule has 1 saturated heterocycles. The third-order valence-electron chi connectivity index (χ3n) is 3.36. The Balaban J connectivity index is 1.78. The molecule has 0 radical (unpaired) electrons. The summed E-state index contributed by atoms with van der Waals surface area (Å²) in [7, 11) is 0. The van der Waals surface area contributed by atoms with Gasteiger partial charge in [0.15, 0.2) is 0 Å². The average molecular weight is 234 g/mol. The molecule has 2 rings (SSSR count). The topological polar surface area (TPSA) is 41.1 Å². The maximum atomic E-state index is 4.35. The minimum absolute atomic E-state index is 0.598. The molecule has 1 N–H and O–H groups in total. The van der Waals surface area contributed by atoms with Gasteiger partial charge in [-0.25, -0.2) is 0 Å². The zero-order valence-corrected chi connectivity index (χ0v) is 11.0. The molecule has 1 unspecified atom stereocenters. The summed E-state index contributed by atoms with van der Waals surface area (Å²) in [4.78, 5) is 11.1. The lowest BCUT2D eigenvalue weighted by Gasteiger charge is -2.20. The molecule has 1 aliphatic heterocycles. The second-order valence-electron chi connectivity index (χ2n) is 5.10. The molecule has 1 aromatic heterocycles. The number of nitrogens with one attached hydrogen (secondary N) is 1. The molecule has 2 heterocycles. The highest BCUT2D eigenvalue weighted by Crippen LogP contribution is 2.12. The van der Waals surface area contributed by atoms with Crippen LogP contribution in [0.5, 0.6) is 0 Å². The number of likely N-dealkylation sites (tertiary alicyclic amines) is 1. The van der Waals surface area contributed by atoms with E-state index in [-0.39, 0.29) is 0 Å². The fourth-order valence-corrected chi connectivity index (χ4v) is 2.18. The average Bonchev–Trinajstić information content (AvgIpc) is 2.77. The van der Waals surface area contributed by atoms with Crippen LogP contribution in [0.15, 0.2) is 12.4 Å². The number of nitrogens with zero attached hydrogens (tertiary/aromatic N) is 3. The second-order valence-corrected chi connectivity index (χ2v) is 5.10. The van der Waals surface area contributed by atoms with Crippen LogP contribution >= 0.6 is 0 Å². The van der Waals surface area contributed by atoms with Gasteiger partial charge in [0.1, 0.15) is 0 Å². The number of hydrogen-bond acceptors (Lipinski definition) is 4. The molecule has 17 heavy (non-hydrogen) atoms. The van der Waals surface area contributed by atoms with Crippen molar-refractivity contribution in [2.24, 2.45) is 0 Å². The smallest absolute Gasteiger partial charge is 0.0724 e. The molecule has 1 aromatic rings. The van der Waals surface area contributed by atoms with E-state index in [1.165, 1.54) is 13.0 Å². The van der Waals surface area contributed by atoms with E-state index in [4.69, 9.17) is 0 Å². The maximum Gasteiger partial charge on any atom is 0.0724 e. The first-order chi connectivity index (χ1) is 8.15. The van der Waals surface area contributed by atoms with Gasteiger partial charge < -0.3 is 5.32 Å². The molecule has 94 valence electrons. The Kier molecular flexibility index (Phi) is 4.07. The van der Waals surface area contributed by atoms with Crippen LogP contribution in [0, 0.1) is 6.92 Å². The first-order valence-corrected chi connectivity index (χ1v) is 6.40. The van der Waals surface area contributed by atoms with Crippen molar-refractivity contribution in [2.75, 3.05) is 13.1 Å². The lowest BCUT2D eigenvalue weighted by Crippen LogP contribution is -2.35. The minimum atomic E-state index is 0.598. The predicted molar refractivity (Wildman–Crippen MR) is 68.7 cm³/mol. The fraction of sp³-hybridized carbons (Fsp3) is 0.692. The molecule has 0 spiro atoms. The summed E-state index contributed by atoms with van der Waals surface area (Å²) in [6.07, 6.45) is 4.92. The van der Waals surface area contributed by atoms with Gasteiger partial charge in [-0.3, -0.25) is 14.9 Å². The molecule has 0 bridgehead atoms. The van der Waals surface area contributed by atoms with Gasteiger partial charge >= 0.3 is 0 Å². The molecule has 1 atom stereocenters. The second kappa shape index (κ2) is 5.56. The predicted octanol–water partition coefficient (Wildman–Crippen LogP) is 1.36. The van der Waals surface area contributed by atoms with E-state index in [1.807, 2.05) is 19.3 Å². The van der Waals surface area contributed by atoms with Gasteiger partial charge in [0, 0.05) is 37.6 Å². The quantitative estimate of drug-likeness (QED) is 0.854. The van der Waals surface area contributed by atoms with Crippen molar-refractivity contribution in [2.45, 2.75) is 45.8 Å². The normalized spacial score (nSPS) is 21.3. The molecule has 0 aliphatic carbocycles. The van der Waals surface area contributed by atoms with Crippen LogP contribution in [0.4, 0.5) is 0 Å². The number of aryl methyl sites for hydroxylation is 1. The lowest BCUT2D eigenvalue weighted by molar-refractivity contribution is 0.268. The lowest BCUT2D eigenvalue weighted by atomic mass is 10.2. The third kappa shape index (κ3) is 3.48. The van der Waals surface area contributed by atoms with Crippen LogP contribution in [-0.2, 0) is 6.54 Å². The summed E-state index contributed by atoms with van der Waals surface area (Å²) in [5, 5.41) is 3.56. The summed E-state index contributed by atoms with van der Waals surface area (Å²) in [6.45, 7) is 9.65. The van der Waals surface area contributed by atoms with Crippen molar-refractivity contribution in [3.05, 3.63) is 23.8 Å². The number of hydrogen-bond donors (Lipinski definition) is 1. The van der Waals surface area contributed by atoms with Crippen molar-refractivity contribution in [1.82, 2.24) is 20.2 Å². The van der Waals surface area contributed by atoms with E-state index in [1.54, 1.807) is 0 Å². The zero-order chi connectivity index (χ0) is 12.3. The van der Waals surface area contributed by atoms with Crippen molar-refractivity contribution in [1.29, 1.82) is 0 Å². The van der Waals surface area contributed by atoms with Gasteiger partial charge in [-0.2, -0.15) is 0 Å². The summed E-state index contributed by atoms with van der Waals surface area (Å²) in [5.74, 6) is 0. The van der Waals surface area contributed by atoms with Crippen LogP contribution in [0.2, 0.25) is 0 Å². The molecule has 0 saturated carbocycles. The first-order valence-electron chi connectivity index (χ1n) is 6.40. The first kappa shape index (κ1) is 12.5. The van der Waals surface area contributed by atoms with Crippen LogP contribution < -0.4 is 5.32 Å². The summed E-state index contributed by atoms with van der Waals surface area (Å²) >= 11 is 0. The van der Waals surface area contributed by atoms with E-state index in [0.717, 1.165) is 24.5 Å². The van der Waals surface area contributed by atoms with Crippen molar-refractivity contribution in [3.8, 4) is 0 Å². The van der Waals surface area contributed by atoms with Gasteiger partial charge in [-0.1, -0.05) is 0 Å². The maximum absolute atomic E-state index is 4.35. The Morgan fingerprint density at radius 3 is 2.82 bits per heavy atom. The Morgan fingerprint density at radius 2 is 2.24 bits per heavy atom. The highest BCUT2D eigenvalue weighted by Gasteiger charge is 2.23. The standard InChI is InChI=1S/C13H22N4/c1-10(2)17-5-4-12(9-17)16-8-13-7-14-11(3)6-15-13/h6-7,10,12,16H,4-5,8-9H2,1-3H3. The molecule has 1 fully saturated rings. The van der Waals surface area contributed by atoms with Crippen molar-refractivity contribution >= 4 is 0 Å². The van der Waals surface area contributed by atoms with Gasteiger partial charge in [0.25, 0.3) is 0 Å². The number of rotatable bonds is 4. The largest absolute Gasteiger partial charge is 0.307 e. The van der Waals surface area contributed by atoms with Gasteiger partial charge in [-0.05, 0) is 33.7 Å². The van der Waals surface area contributed by atoms with E-state index in [9.17, 15) is 0 Å². The summed E-state index contributed by atoms with van der Waals surface area (Å²) < 4.78 is 0.